The van der Waals surface area contributed by atoms with Crippen LogP contribution in [0.25, 0.3) is 0 Å². The highest BCUT2D eigenvalue weighted by Gasteiger charge is 2.30. The zero-order valence-electron chi connectivity index (χ0n) is 11.5. The van der Waals surface area contributed by atoms with Crippen LogP contribution in [-0.2, 0) is 17.8 Å². The first kappa shape index (κ1) is 13.4. The van der Waals surface area contributed by atoms with E-state index in [-0.39, 0.29) is 29.1 Å². The van der Waals surface area contributed by atoms with Crippen LogP contribution in [0.5, 0.6) is 11.5 Å². The predicted octanol–water partition coefficient (Wildman–Crippen LogP) is 0.816. The molecule has 7 heteroatoms. The maximum Gasteiger partial charge on any atom is 0.242 e. The molecular weight excluding hydrogens is 272 g/mol. The molecule has 0 radical (unpaired) electrons. The van der Waals surface area contributed by atoms with Crippen molar-refractivity contribution in [3.63, 3.8) is 0 Å². The third kappa shape index (κ3) is 2.55. The molecule has 0 saturated heterocycles. The summed E-state index contributed by atoms with van der Waals surface area (Å²) >= 11 is 0. The van der Waals surface area contributed by atoms with Crippen LogP contribution in [0.4, 0.5) is 5.69 Å². The lowest BCUT2D eigenvalue weighted by Gasteiger charge is -2.30. The van der Waals surface area contributed by atoms with Gasteiger partial charge in [-0.3, -0.25) is 9.69 Å². The molecule has 2 aromatic rings. The van der Waals surface area contributed by atoms with Gasteiger partial charge in [-0.25, -0.2) is 4.98 Å². The molecule has 4 N–H and O–H groups in total. The quantitative estimate of drug-likeness (QED) is 0.484. The lowest BCUT2D eigenvalue weighted by Crippen LogP contribution is -2.45. The van der Waals surface area contributed by atoms with E-state index in [9.17, 15) is 15.0 Å². The van der Waals surface area contributed by atoms with Gasteiger partial charge in [-0.2, -0.15) is 0 Å². The average Bonchev–Trinajstić information content (AvgIpc) is 2.89. The highest BCUT2D eigenvalue weighted by Crippen LogP contribution is 2.28. The molecule has 1 aliphatic rings. The number of rotatable bonds is 2. The number of aromatic hydroxyl groups is 2. The molecule has 7 nitrogen and oxygen atoms in total. The molecule has 0 bridgehead atoms. The van der Waals surface area contributed by atoms with Crippen molar-refractivity contribution in [3.8, 4) is 11.5 Å². The molecule has 1 aromatic heterocycles. The van der Waals surface area contributed by atoms with Gasteiger partial charge in [0.15, 0.2) is 0 Å². The third-order valence-electron chi connectivity index (χ3n) is 3.67. The Bertz CT molecular complexity index is 683. The number of benzene rings is 1. The Hall–Kier alpha value is -2.54. The summed E-state index contributed by atoms with van der Waals surface area (Å²) in [6.45, 7) is 0.611. The molecule has 0 fully saturated rings. The Morgan fingerprint density at radius 3 is 3.10 bits per heavy atom. The Balaban J connectivity index is 1.78. The van der Waals surface area contributed by atoms with E-state index in [2.05, 4.69) is 15.3 Å². The minimum atomic E-state index is -0.373. The molecule has 0 unspecified atom stereocenters. The summed E-state index contributed by atoms with van der Waals surface area (Å²) in [5.41, 5.74) is 2.09. The zero-order chi connectivity index (χ0) is 15.0. The number of carbonyl (C=O) groups excluding carboxylic acids is 1. The van der Waals surface area contributed by atoms with Crippen molar-refractivity contribution in [1.29, 1.82) is 0 Å². The molecule has 21 heavy (non-hydrogen) atoms. The topological polar surface area (TPSA) is 101 Å². The van der Waals surface area contributed by atoms with Crippen LogP contribution in [0.1, 0.15) is 11.4 Å². The van der Waals surface area contributed by atoms with Crippen LogP contribution in [0.15, 0.2) is 24.5 Å². The largest absolute Gasteiger partial charge is 0.508 e. The molecule has 2 heterocycles. The standard InChI is InChI=1S/C14H16N4O3/c1-18-6-11-9(15-7-16-11)5-12(18)14(21)17-10-4-8(19)2-3-13(10)20/h2-4,7,12,19-20H,5-6H2,1H3,(H,15,16)(H,17,21)/t12-/m0/s1. The highest BCUT2D eigenvalue weighted by atomic mass is 16.3. The predicted molar refractivity (Wildman–Crippen MR) is 75.9 cm³/mol. The maximum absolute atomic E-state index is 12.4. The number of aromatic nitrogens is 2. The number of phenols is 2. The van der Waals surface area contributed by atoms with E-state index in [0.717, 1.165) is 11.4 Å². The molecule has 1 atom stereocenters. The number of nitrogens with zero attached hydrogens (tertiary/aromatic N) is 2. The number of phenolic OH excluding ortho intramolecular Hbond substituents is 2. The normalized spacial score (nSPS) is 18.2. The fraction of sp³-hybridized carbons (Fsp3) is 0.286. The number of carbonyl (C=O) groups is 1. The number of H-pyrrole nitrogens is 1. The Morgan fingerprint density at radius 2 is 2.29 bits per heavy atom. The van der Waals surface area contributed by atoms with Crippen LogP contribution in [0.3, 0.4) is 0 Å². The Kier molecular flexibility index (Phi) is 3.26. The van der Waals surface area contributed by atoms with Crippen LogP contribution in [0, 0.1) is 0 Å². The van der Waals surface area contributed by atoms with Crippen molar-refractivity contribution in [2.75, 3.05) is 12.4 Å². The summed E-state index contributed by atoms with van der Waals surface area (Å²) in [7, 11) is 1.86. The molecule has 1 amide bonds. The van der Waals surface area contributed by atoms with E-state index in [4.69, 9.17) is 0 Å². The number of imidazole rings is 1. The SMILES string of the molecule is CN1Cc2[nH]cnc2C[C@H]1C(=O)Nc1cc(O)ccc1O. The fourth-order valence-corrected chi connectivity index (χ4v) is 2.49. The second kappa shape index (κ2) is 5.10. The van der Waals surface area contributed by atoms with Crippen molar-refractivity contribution in [1.82, 2.24) is 14.9 Å². The van der Waals surface area contributed by atoms with Gasteiger partial charge in [0.2, 0.25) is 5.91 Å². The van der Waals surface area contributed by atoms with Crippen LogP contribution < -0.4 is 5.32 Å². The third-order valence-corrected chi connectivity index (χ3v) is 3.67. The smallest absolute Gasteiger partial charge is 0.242 e. The van der Waals surface area contributed by atoms with E-state index >= 15 is 0 Å². The van der Waals surface area contributed by atoms with E-state index in [1.165, 1.54) is 18.2 Å². The fourth-order valence-electron chi connectivity index (χ4n) is 2.49. The number of hydrogen-bond donors (Lipinski definition) is 4. The summed E-state index contributed by atoms with van der Waals surface area (Å²) in [4.78, 5) is 21.6. The average molecular weight is 288 g/mol. The van der Waals surface area contributed by atoms with Gasteiger partial charge in [-0.15, -0.1) is 0 Å². The van der Waals surface area contributed by atoms with Gasteiger partial charge in [0.1, 0.15) is 11.5 Å². The molecule has 0 spiro atoms. The van der Waals surface area contributed by atoms with Gasteiger partial charge >= 0.3 is 0 Å². The monoisotopic (exact) mass is 288 g/mol. The lowest BCUT2D eigenvalue weighted by molar-refractivity contribution is -0.121. The maximum atomic E-state index is 12.4. The minimum Gasteiger partial charge on any atom is -0.508 e. The summed E-state index contributed by atoms with van der Waals surface area (Å²) in [5.74, 6) is -0.346. The second-order valence-corrected chi connectivity index (χ2v) is 5.15. The van der Waals surface area contributed by atoms with Crippen molar-refractivity contribution < 1.29 is 15.0 Å². The van der Waals surface area contributed by atoms with Crippen molar-refractivity contribution in [2.45, 2.75) is 19.0 Å². The number of aromatic amines is 1. The number of nitrogens with one attached hydrogen (secondary N) is 2. The second-order valence-electron chi connectivity index (χ2n) is 5.15. The van der Waals surface area contributed by atoms with Crippen LogP contribution in [0.2, 0.25) is 0 Å². The highest BCUT2D eigenvalue weighted by molar-refractivity contribution is 5.96. The van der Waals surface area contributed by atoms with Gasteiger partial charge in [-0.05, 0) is 19.2 Å². The first-order valence-electron chi connectivity index (χ1n) is 6.59. The van der Waals surface area contributed by atoms with Gasteiger partial charge < -0.3 is 20.5 Å². The number of hydrogen-bond acceptors (Lipinski definition) is 5. The summed E-state index contributed by atoms with van der Waals surface area (Å²) in [6, 6.07) is 3.63. The van der Waals surface area contributed by atoms with Crippen LogP contribution in [-0.4, -0.2) is 44.1 Å². The number of anilines is 1. The number of fused-ring (bicyclic) bond motifs is 1. The summed E-state index contributed by atoms with van der Waals surface area (Å²) in [5, 5.41) is 21.8. The Labute approximate surface area is 121 Å². The molecule has 1 aromatic carbocycles. The zero-order valence-corrected chi connectivity index (χ0v) is 11.5. The molecule has 0 aliphatic carbocycles. The molecule has 1 aliphatic heterocycles. The van der Waals surface area contributed by atoms with E-state index < -0.39 is 0 Å². The van der Waals surface area contributed by atoms with Crippen molar-refractivity contribution >= 4 is 11.6 Å². The number of amides is 1. The van der Waals surface area contributed by atoms with Gasteiger partial charge in [0.25, 0.3) is 0 Å². The van der Waals surface area contributed by atoms with Crippen LogP contribution >= 0.6 is 0 Å². The molecular formula is C14H16N4O3. The molecule has 110 valence electrons. The number of likely N-dealkylation sites (N-methyl/N-ethyl adjacent to an activating group) is 1. The van der Waals surface area contributed by atoms with Gasteiger partial charge in [-0.1, -0.05) is 0 Å². The van der Waals surface area contributed by atoms with Gasteiger partial charge in [0, 0.05) is 19.0 Å². The minimum absolute atomic E-state index is 0.0188. The lowest BCUT2D eigenvalue weighted by atomic mass is 10.0. The van der Waals surface area contributed by atoms with Crippen molar-refractivity contribution in [3.05, 3.63) is 35.9 Å². The Morgan fingerprint density at radius 1 is 1.48 bits per heavy atom. The van der Waals surface area contributed by atoms with E-state index in [0.29, 0.717) is 13.0 Å². The summed E-state index contributed by atoms with van der Waals surface area (Å²) in [6.07, 6.45) is 2.13. The first-order valence-corrected chi connectivity index (χ1v) is 6.59. The molecule has 3 rings (SSSR count). The first-order chi connectivity index (χ1) is 10.0. The molecule has 0 saturated carbocycles. The van der Waals surface area contributed by atoms with E-state index in [1.54, 1.807) is 6.33 Å². The van der Waals surface area contributed by atoms with Crippen molar-refractivity contribution in [2.24, 2.45) is 0 Å². The van der Waals surface area contributed by atoms with Gasteiger partial charge in [0.05, 0.1) is 29.4 Å². The van der Waals surface area contributed by atoms with E-state index in [1.807, 2.05) is 11.9 Å². The summed E-state index contributed by atoms with van der Waals surface area (Å²) < 4.78 is 0.